The standard InChI is InChI=1S/C16H20FN3O2/c1-3-15-18-16(22-19-15)11(2)20-8-9-21-14(10-20)12-4-6-13(17)7-5-12/h4-7,11,14H,3,8-10H2,1-2H3/t11-,14+/m1/s1. The molecule has 1 fully saturated rings. The van der Waals surface area contributed by atoms with Gasteiger partial charge in [-0.25, -0.2) is 4.39 Å². The second-order valence-electron chi connectivity index (χ2n) is 5.48. The van der Waals surface area contributed by atoms with Crippen molar-refractivity contribution in [1.82, 2.24) is 15.0 Å². The number of aromatic nitrogens is 2. The van der Waals surface area contributed by atoms with Crippen molar-refractivity contribution in [1.29, 1.82) is 0 Å². The van der Waals surface area contributed by atoms with Crippen LogP contribution < -0.4 is 0 Å². The molecule has 0 unspecified atom stereocenters. The summed E-state index contributed by atoms with van der Waals surface area (Å²) in [6.07, 6.45) is 0.697. The van der Waals surface area contributed by atoms with E-state index >= 15 is 0 Å². The van der Waals surface area contributed by atoms with Crippen LogP contribution in [0.15, 0.2) is 28.8 Å². The lowest BCUT2D eigenvalue weighted by Gasteiger charge is -2.35. The maximum atomic E-state index is 13.0. The Morgan fingerprint density at radius 1 is 1.36 bits per heavy atom. The Kier molecular flexibility index (Phi) is 4.49. The molecule has 0 amide bonds. The second kappa shape index (κ2) is 6.54. The van der Waals surface area contributed by atoms with Gasteiger partial charge in [0.15, 0.2) is 5.82 Å². The van der Waals surface area contributed by atoms with Crippen LogP contribution >= 0.6 is 0 Å². The fourth-order valence-electron chi connectivity index (χ4n) is 2.64. The molecule has 0 N–H and O–H groups in total. The summed E-state index contributed by atoms with van der Waals surface area (Å²) in [7, 11) is 0. The zero-order valence-electron chi connectivity index (χ0n) is 12.8. The maximum Gasteiger partial charge on any atom is 0.243 e. The minimum absolute atomic E-state index is 0.0413. The smallest absolute Gasteiger partial charge is 0.243 e. The molecule has 2 atom stereocenters. The van der Waals surface area contributed by atoms with Crippen molar-refractivity contribution in [2.24, 2.45) is 0 Å². The van der Waals surface area contributed by atoms with Crippen molar-refractivity contribution in [2.75, 3.05) is 19.7 Å². The van der Waals surface area contributed by atoms with Gasteiger partial charge in [-0.2, -0.15) is 4.98 Å². The Morgan fingerprint density at radius 2 is 2.14 bits per heavy atom. The van der Waals surface area contributed by atoms with Crippen molar-refractivity contribution in [2.45, 2.75) is 32.4 Å². The van der Waals surface area contributed by atoms with Gasteiger partial charge in [-0.15, -0.1) is 0 Å². The summed E-state index contributed by atoms with van der Waals surface area (Å²) in [6, 6.07) is 6.52. The van der Waals surface area contributed by atoms with Gasteiger partial charge in [-0.05, 0) is 24.6 Å². The first-order valence-corrected chi connectivity index (χ1v) is 7.61. The van der Waals surface area contributed by atoms with Crippen molar-refractivity contribution in [3.05, 3.63) is 47.4 Å². The highest BCUT2D eigenvalue weighted by Crippen LogP contribution is 2.28. The summed E-state index contributed by atoms with van der Waals surface area (Å²) in [6.45, 7) is 6.21. The molecule has 22 heavy (non-hydrogen) atoms. The summed E-state index contributed by atoms with van der Waals surface area (Å²) in [5, 5.41) is 3.95. The molecule has 0 aliphatic carbocycles. The fraction of sp³-hybridized carbons (Fsp3) is 0.500. The lowest BCUT2D eigenvalue weighted by molar-refractivity contribution is -0.0469. The van der Waals surface area contributed by atoms with Crippen molar-refractivity contribution in [3.63, 3.8) is 0 Å². The van der Waals surface area contributed by atoms with Crippen molar-refractivity contribution >= 4 is 0 Å². The fourth-order valence-corrected chi connectivity index (χ4v) is 2.64. The summed E-state index contributed by atoms with van der Waals surface area (Å²) in [4.78, 5) is 6.66. The van der Waals surface area contributed by atoms with E-state index in [-0.39, 0.29) is 18.0 Å². The largest absolute Gasteiger partial charge is 0.371 e. The molecule has 3 rings (SSSR count). The number of nitrogens with zero attached hydrogens (tertiary/aromatic N) is 3. The van der Waals surface area contributed by atoms with Crippen LogP contribution in [0.2, 0.25) is 0 Å². The van der Waals surface area contributed by atoms with Gasteiger partial charge in [0.25, 0.3) is 0 Å². The molecule has 5 nitrogen and oxygen atoms in total. The minimum Gasteiger partial charge on any atom is -0.371 e. The Hall–Kier alpha value is -1.79. The van der Waals surface area contributed by atoms with E-state index in [0.29, 0.717) is 12.5 Å². The summed E-state index contributed by atoms with van der Waals surface area (Å²) < 4.78 is 24.2. The molecule has 0 spiro atoms. The van der Waals surface area contributed by atoms with Gasteiger partial charge in [-0.3, -0.25) is 4.90 Å². The molecule has 2 heterocycles. The van der Waals surface area contributed by atoms with E-state index < -0.39 is 0 Å². The van der Waals surface area contributed by atoms with Crippen LogP contribution in [0.25, 0.3) is 0 Å². The average Bonchev–Trinajstić information content (AvgIpc) is 3.04. The summed E-state index contributed by atoms with van der Waals surface area (Å²) in [5.41, 5.74) is 0.984. The molecule has 0 saturated carbocycles. The SMILES string of the molecule is CCc1noc([C@@H](C)N2CCO[C@H](c3ccc(F)cc3)C2)n1. The molecule has 1 aromatic carbocycles. The number of ether oxygens (including phenoxy) is 1. The van der Waals surface area contributed by atoms with Crippen molar-refractivity contribution in [3.8, 4) is 0 Å². The van der Waals surface area contributed by atoms with E-state index in [2.05, 4.69) is 22.0 Å². The third-order valence-electron chi connectivity index (χ3n) is 4.04. The quantitative estimate of drug-likeness (QED) is 0.869. The number of hydrogen-bond acceptors (Lipinski definition) is 5. The highest BCUT2D eigenvalue weighted by atomic mass is 19.1. The lowest BCUT2D eigenvalue weighted by atomic mass is 10.1. The molecule has 1 aliphatic heterocycles. The molecule has 1 saturated heterocycles. The van der Waals surface area contributed by atoms with Gasteiger partial charge in [0.2, 0.25) is 5.89 Å². The Morgan fingerprint density at radius 3 is 2.82 bits per heavy atom. The number of halogens is 1. The first-order valence-electron chi connectivity index (χ1n) is 7.61. The summed E-state index contributed by atoms with van der Waals surface area (Å²) in [5.74, 6) is 1.13. The Labute approximate surface area is 129 Å². The summed E-state index contributed by atoms with van der Waals surface area (Å²) >= 11 is 0. The number of rotatable bonds is 4. The molecule has 0 radical (unpaired) electrons. The van der Waals surface area contributed by atoms with Crippen LogP contribution in [-0.2, 0) is 11.2 Å². The van der Waals surface area contributed by atoms with E-state index in [4.69, 9.17) is 9.26 Å². The zero-order valence-corrected chi connectivity index (χ0v) is 12.8. The van der Waals surface area contributed by atoms with E-state index in [9.17, 15) is 4.39 Å². The highest BCUT2D eigenvalue weighted by molar-refractivity contribution is 5.19. The molecule has 118 valence electrons. The topological polar surface area (TPSA) is 51.4 Å². The molecule has 1 aliphatic rings. The predicted octanol–water partition coefficient (Wildman–Crippen LogP) is 2.91. The predicted molar refractivity (Wildman–Crippen MR) is 78.8 cm³/mol. The Balaban J connectivity index is 1.70. The van der Waals surface area contributed by atoms with Gasteiger partial charge in [0, 0.05) is 19.5 Å². The van der Waals surface area contributed by atoms with Gasteiger partial charge >= 0.3 is 0 Å². The first-order chi connectivity index (χ1) is 10.7. The number of morpholine rings is 1. The van der Waals surface area contributed by atoms with Crippen LogP contribution in [0.5, 0.6) is 0 Å². The number of benzene rings is 1. The molecule has 0 bridgehead atoms. The van der Waals surface area contributed by atoms with Crippen LogP contribution in [0.4, 0.5) is 4.39 Å². The zero-order chi connectivity index (χ0) is 15.5. The van der Waals surface area contributed by atoms with E-state index in [1.807, 2.05) is 6.92 Å². The maximum absolute atomic E-state index is 13.0. The molecular formula is C16H20FN3O2. The molecule has 2 aromatic rings. The van der Waals surface area contributed by atoms with E-state index in [1.54, 1.807) is 12.1 Å². The first kappa shape index (κ1) is 15.1. The van der Waals surface area contributed by atoms with Gasteiger partial charge in [-0.1, -0.05) is 24.2 Å². The minimum atomic E-state index is -0.234. The molecule has 1 aromatic heterocycles. The molecular weight excluding hydrogens is 285 g/mol. The third-order valence-corrected chi connectivity index (χ3v) is 4.04. The van der Waals surface area contributed by atoms with Crippen LogP contribution in [0, 0.1) is 5.82 Å². The average molecular weight is 305 g/mol. The van der Waals surface area contributed by atoms with Gasteiger partial charge in [0.05, 0.1) is 18.8 Å². The monoisotopic (exact) mass is 305 g/mol. The molecule has 6 heteroatoms. The van der Waals surface area contributed by atoms with Crippen molar-refractivity contribution < 1.29 is 13.7 Å². The van der Waals surface area contributed by atoms with E-state index in [0.717, 1.165) is 30.9 Å². The van der Waals surface area contributed by atoms with E-state index in [1.165, 1.54) is 12.1 Å². The lowest BCUT2D eigenvalue weighted by Crippen LogP contribution is -2.40. The number of hydrogen-bond donors (Lipinski definition) is 0. The third kappa shape index (κ3) is 3.18. The van der Waals surface area contributed by atoms with Crippen LogP contribution in [-0.4, -0.2) is 34.7 Å². The second-order valence-corrected chi connectivity index (χ2v) is 5.48. The number of aryl methyl sites for hydroxylation is 1. The van der Waals surface area contributed by atoms with Crippen LogP contribution in [0.3, 0.4) is 0 Å². The van der Waals surface area contributed by atoms with Crippen LogP contribution in [0.1, 0.15) is 43.3 Å². The van der Waals surface area contributed by atoms with Gasteiger partial charge in [0.1, 0.15) is 5.82 Å². The normalized spacial score (nSPS) is 21.0. The van der Waals surface area contributed by atoms with Gasteiger partial charge < -0.3 is 9.26 Å². The Bertz CT molecular complexity index is 614. The highest BCUT2D eigenvalue weighted by Gasteiger charge is 2.28.